The molecule has 0 aromatic carbocycles. The van der Waals surface area contributed by atoms with Crippen molar-refractivity contribution in [2.45, 2.75) is 39.2 Å². The Labute approximate surface area is 112 Å². The summed E-state index contributed by atoms with van der Waals surface area (Å²) in [4.78, 5) is 33.5. The number of carboxylic acids is 1. The monoisotopic (exact) mass is 273 g/mol. The average molecular weight is 273 g/mol. The lowest BCUT2D eigenvalue weighted by atomic mass is 9.96. The van der Waals surface area contributed by atoms with Crippen molar-refractivity contribution in [1.82, 2.24) is 5.32 Å². The Morgan fingerprint density at radius 1 is 1.26 bits per heavy atom. The van der Waals surface area contributed by atoms with Crippen molar-refractivity contribution in [3.05, 3.63) is 0 Å². The molecule has 1 unspecified atom stereocenters. The maximum Gasteiger partial charge on any atom is 0.326 e. The molecule has 0 saturated carbocycles. The summed E-state index contributed by atoms with van der Waals surface area (Å²) < 4.78 is 0. The number of rotatable bonds is 9. The smallest absolute Gasteiger partial charge is 0.326 e. The molecule has 0 heterocycles. The van der Waals surface area contributed by atoms with Crippen LogP contribution in [0.25, 0.3) is 0 Å². The highest BCUT2D eigenvalue weighted by Crippen LogP contribution is 2.11. The van der Waals surface area contributed by atoms with Gasteiger partial charge in [-0.1, -0.05) is 13.8 Å². The van der Waals surface area contributed by atoms with E-state index in [9.17, 15) is 14.4 Å². The maximum atomic E-state index is 11.9. The summed E-state index contributed by atoms with van der Waals surface area (Å²) in [5.74, 6) is -2.32. The number of hydrogen-bond acceptors (Lipinski definition) is 4. The number of amides is 2. The van der Waals surface area contributed by atoms with E-state index < -0.39 is 29.7 Å². The fourth-order valence-corrected chi connectivity index (χ4v) is 1.71. The highest BCUT2D eigenvalue weighted by molar-refractivity contribution is 5.85. The zero-order valence-corrected chi connectivity index (χ0v) is 11.4. The predicted octanol–water partition coefficient (Wildman–Crippen LogP) is -0.558. The molecule has 0 spiro atoms. The van der Waals surface area contributed by atoms with Crippen LogP contribution in [0, 0.1) is 11.8 Å². The van der Waals surface area contributed by atoms with Gasteiger partial charge in [0.2, 0.25) is 11.8 Å². The van der Waals surface area contributed by atoms with Gasteiger partial charge in [-0.2, -0.15) is 0 Å². The lowest BCUT2D eigenvalue weighted by Crippen LogP contribution is -2.45. The van der Waals surface area contributed by atoms with Gasteiger partial charge in [0, 0.05) is 13.0 Å². The van der Waals surface area contributed by atoms with Crippen LogP contribution in [0.15, 0.2) is 0 Å². The normalized spacial score (nSPS) is 13.9. The average Bonchev–Trinajstić information content (AvgIpc) is 2.30. The van der Waals surface area contributed by atoms with Crippen molar-refractivity contribution >= 4 is 17.8 Å². The quantitative estimate of drug-likeness (QED) is 0.446. The van der Waals surface area contributed by atoms with Gasteiger partial charge in [0.25, 0.3) is 0 Å². The SMILES string of the molecule is CC(C)CC(CN)C(=O)N[C@@H](CCC(N)=O)C(=O)O. The third-order valence-corrected chi connectivity index (χ3v) is 2.71. The van der Waals surface area contributed by atoms with Crippen molar-refractivity contribution in [3.63, 3.8) is 0 Å². The highest BCUT2D eigenvalue weighted by atomic mass is 16.4. The lowest BCUT2D eigenvalue weighted by Gasteiger charge is -2.20. The number of carbonyl (C=O) groups excluding carboxylic acids is 2. The fourth-order valence-electron chi connectivity index (χ4n) is 1.71. The van der Waals surface area contributed by atoms with E-state index in [1.54, 1.807) is 0 Å². The zero-order valence-electron chi connectivity index (χ0n) is 11.4. The molecular weight excluding hydrogens is 250 g/mol. The summed E-state index contributed by atoms with van der Waals surface area (Å²) in [5, 5.41) is 11.4. The van der Waals surface area contributed by atoms with E-state index in [-0.39, 0.29) is 25.3 Å². The van der Waals surface area contributed by atoms with E-state index in [1.165, 1.54) is 0 Å². The Kier molecular flexibility index (Phi) is 7.74. The van der Waals surface area contributed by atoms with Crippen molar-refractivity contribution in [3.8, 4) is 0 Å². The number of carbonyl (C=O) groups is 3. The molecule has 110 valence electrons. The van der Waals surface area contributed by atoms with Crippen LogP contribution in [-0.2, 0) is 14.4 Å². The number of carboxylic acid groups (broad SMARTS) is 1. The molecule has 6 N–H and O–H groups in total. The topological polar surface area (TPSA) is 136 Å². The number of primary amides is 1. The summed E-state index contributed by atoms with van der Waals surface area (Å²) >= 11 is 0. The van der Waals surface area contributed by atoms with E-state index in [0.717, 1.165) is 0 Å². The summed E-state index contributed by atoms with van der Waals surface area (Å²) in [5.41, 5.74) is 10.5. The summed E-state index contributed by atoms with van der Waals surface area (Å²) in [6.07, 6.45) is 0.481. The predicted molar refractivity (Wildman–Crippen MR) is 70.0 cm³/mol. The van der Waals surface area contributed by atoms with Crippen LogP contribution in [0.4, 0.5) is 0 Å². The molecule has 7 heteroatoms. The Balaban J connectivity index is 4.51. The first kappa shape index (κ1) is 17.4. The molecule has 0 aromatic rings. The van der Waals surface area contributed by atoms with Gasteiger partial charge >= 0.3 is 5.97 Å². The molecule has 0 aromatic heterocycles. The van der Waals surface area contributed by atoms with Crippen molar-refractivity contribution in [2.24, 2.45) is 23.3 Å². The molecule has 0 radical (unpaired) electrons. The Morgan fingerprint density at radius 2 is 1.84 bits per heavy atom. The molecule has 0 fully saturated rings. The molecule has 0 bridgehead atoms. The number of aliphatic carboxylic acids is 1. The van der Waals surface area contributed by atoms with Crippen LogP contribution in [0.3, 0.4) is 0 Å². The third-order valence-electron chi connectivity index (χ3n) is 2.71. The van der Waals surface area contributed by atoms with E-state index in [1.807, 2.05) is 13.8 Å². The zero-order chi connectivity index (χ0) is 15.0. The van der Waals surface area contributed by atoms with Crippen molar-refractivity contribution in [1.29, 1.82) is 0 Å². The number of nitrogens with two attached hydrogens (primary N) is 2. The number of nitrogens with one attached hydrogen (secondary N) is 1. The molecule has 2 amide bonds. The number of hydrogen-bond donors (Lipinski definition) is 4. The van der Waals surface area contributed by atoms with Crippen LogP contribution in [0.2, 0.25) is 0 Å². The van der Waals surface area contributed by atoms with Gasteiger partial charge in [0.05, 0.1) is 5.92 Å². The largest absolute Gasteiger partial charge is 0.480 e. The molecule has 0 saturated heterocycles. The van der Waals surface area contributed by atoms with E-state index >= 15 is 0 Å². The lowest BCUT2D eigenvalue weighted by molar-refractivity contribution is -0.142. The molecule has 0 aliphatic rings. The van der Waals surface area contributed by atoms with Crippen LogP contribution in [-0.4, -0.2) is 35.5 Å². The molecule has 19 heavy (non-hydrogen) atoms. The van der Waals surface area contributed by atoms with Crippen LogP contribution in [0.1, 0.15) is 33.1 Å². The molecule has 0 rings (SSSR count). The molecule has 0 aliphatic carbocycles. The first-order valence-corrected chi connectivity index (χ1v) is 6.29. The molecular formula is C12H23N3O4. The summed E-state index contributed by atoms with van der Waals surface area (Å²) in [7, 11) is 0. The van der Waals surface area contributed by atoms with Gasteiger partial charge in [-0.15, -0.1) is 0 Å². The van der Waals surface area contributed by atoms with E-state index in [2.05, 4.69) is 5.32 Å². The van der Waals surface area contributed by atoms with Gasteiger partial charge in [0.15, 0.2) is 0 Å². The van der Waals surface area contributed by atoms with Gasteiger partial charge in [0.1, 0.15) is 6.04 Å². The first-order valence-electron chi connectivity index (χ1n) is 6.29. The van der Waals surface area contributed by atoms with Gasteiger partial charge in [-0.25, -0.2) is 4.79 Å². The summed E-state index contributed by atoms with van der Waals surface area (Å²) in [6.45, 7) is 4.07. The van der Waals surface area contributed by atoms with Crippen molar-refractivity contribution in [2.75, 3.05) is 6.54 Å². The van der Waals surface area contributed by atoms with Gasteiger partial charge < -0.3 is 21.9 Å². The van der Waals surface area contributed by atoms with Crippen LogP contribution >= 0.6 is 0 Å². The van der Waals surface area contributed by atoms with Gasteiger partial charge in [-0.3, -0.25) is 9.59 Å². The molecule has 7 nitrogen and oxygen atoms in total. The fraction of sp³-hybridized carbons (Fsp3) is 0.750. The first-order chi connectivity index (χ1) is 8.77. The van der Waals surface area contributed by atoms with Crippen LogP contribution < -0.4 is 16.8 Å². The summed E-state index contributed by atoms with van der Waals surface area (Å²) in [6, 6.07) is -1.11. The minimum Gasteiger partial charge on any atom is -0.480 e. The Morgan fingerprint density at radius 3 is 2.21 bits per heavy atom. The third kappa shape index (κ3) is 7.40. The Hall–Kier alpha value is -1.63. The van der Waals surface area contributed by atoms with Crippen LogP contribution in [0.5, 0.6) is 0 Å². The van der Waals surface area contributed by atoms with E-state index in [4.69, 9.17) is 16.6 Å². The second-order valence-corrected chi connectivity index (χ2v) is 4.97. The Bertz CT molecular complexity index is 331. The second kappa shape index (κ2) is 8.47. The standard InChI is InChI=1S/C12H23N3O4/c1-7(2)5-8(6-13)11(17)15-9(12(18)19)3-4-10(14)16/h7-9H,3-6,13H2,1-2H3,(H2,14,16)(H,15,17)(H,18,19)/t8?,9-/m0/s1. The van der Waals surface area contributed by atoms with Crippen molar-refractivity contribution < 1.29 is 19.5 Å². The minimum atomic E-state index is -1.19. The van der Waals surface area contributed by atoms with E-state index in [0.29, 0.717) is 6.42 Å². The molecule has 0 aliphatic heterocycles. The second-order valence-electron chi connectivity index (χ2n) is 4.97. The van der Waals surface area contributed by atoms with Gasteiger partial charge in [-0.05, 0) is 18.8 Å². The highest BCUT2D eigenvalue weighted by Gasteiger charge is 2.25. The molecule has 2 atom stereocenters. The maximum absolute atomic E-state index is 11.9. The minimum absolute atomic E-state index is 0.0185.